The molecule has 0 saturated carbocycles. The van der Waals surface area contributed by atoms with Crippen LogP contribution in [0.3, 0.4) is 0 Å². The third-order valence-electron chi connectivity index (χ3n) is 6.17. The van der Waals surface area contributed by atoms with E-state index in [1.165, 1.54) is 11.0 Å². The molecule has 0 saturated heterocycles. The minimum atomic E-state index is -3.87. The van der Waals surface area contributed by atoms with Crippen molar-refractivity contribution in [3.05, 3.63) is 100 Å². The molecule has 0 aliphatic heterocycles. The first-order valence-corrected chi connectivity index (χ1v) is 15.3. The predicted molar refractivity (Wildman–Crippen MR) is 157 cm³/mol. The number of unbranched alkanes of at least 4 members (excludes halogenated alkanes) is 1. The summed E-state index contributed by atoms with van der Waals surface area (Å²) in [6.45, 7) is 1.99. The molecule has 3 rings (SSSR count). The lowest BCUT2D eigenvalue weighted by Gasteiger charge is -2.33. The van der Waals surface area contributed by atoms with Crippen molar-refractivity contribution < 1.29 is 18.0 Å². The highest BCUT2D eigenvalue weighted by molar-refractivity contribution is 7.92. The number of rotatable bonds is 13. The van der Waals surface area contributed by atoms with Crippen LogP contribution in [-0.4, -0.2) is 50.5 Å². The van der Waals surface area contributed by atoms with Gasteiger partial charge in [-0.2, -0.15) is 0 Å². The Morgan fingerprint density at radius 1 is 0.949 bits per heavy atom. The molecule has 39 heavy (non-hydrogen) atoms. The third kappa shape index (κ3) is 8.98. The second-order valence-electron chi connectivity index (χ2n) is 9.21. The van der Waals surface area contributed by atoms with E-state index in [1.54, 1.807) is 42.5 Å². The number of amides is 2. The first kappa shape index (κ1) is 30.5. The first-order chi connectivity index (χ1) is 18.6. The van der Waals surface area contributed by atoms with Crippen LogP contribution in [-0.2, 0) is 32.6 Å². The van der Waals surface area contributed by atoms with E-state index in [2.05, 4.69) is 5.32 Å². The molecule has 2 amide bonds. The van der Waals surface area contributed by atoms with Gasteiger partial charge in [0.15, 0.2) is 0 Å². The molecule has 0 heterocycles. The zero-order valence-electron chi connectivity index (χ0n) is 22.0. The van der Waals surface area contributed by atoms with E-state index >= 15 is 0 Å². The van der Waals surface area contributed by atoms with Gasteiger partial charge in [-0.1, -0.05) is 91.1 Å². The molecule has 3 aromatic rings. The van der Waals surface area contributed by atoms with E-state index in [-0.39, 0.29) is 24.6 Å². The Kier molecular flexibility index (Phi) is 11.2. The van der Waals surface area contributed by atoms with Crippen LogP contribution in [0.25, 0.3) is 0 Å². The molecule has 0 aliphatic rings. The van der Waals surface area contributed by atoms with Crippen molar-refractivity contribution in [3.63, 3.8) is 0 Å². The van der Waals surface area contributed by atoms with E-state index in [0.29, 0.717) is 22.2 Å². The highest BCUT2D eigenvalue weighted by atomic mass is 35.5. The number of anilines is 1. The van der Waals surface area contributed by atoms with Gasteiger partial charge in [-0.15, -0.1) is 0 Å². The van der Waals surface area contributed by atoms with Crippen molar-refractivity contribution in [2.45, 2.75) is 38.8 Å². The van der Waals surface area contributed by atoms with Gasteiger partial charge in [-0.3, -0.25) is 13.9 Å². The van der Waals surface area contributed by atoms with E-state index in [0.717, 1.165) is 29.0 Å². The SMILES string of the molecule is CCCCNC(=O)C(Cc1ccccc1)N(Cc1ccccc1Cl)C(=O)CN(c1cccc(Cl)c1)S(C)(=O)=O. The highest BCUT2D eigenvalue weighted by Gasteiger charge is 2.33. The number of hydrogen-bond acceptors (Lipinski definition) is 4. The lowest BCUT2D eigenvalue weighted by molar-refractivity contribution is -0.140. The van der Waals surface area contributed by atoms with Gasteiger partial charge in [-0.25, -0.2) is 8.42 Å². The van der Waals surface area contributed by atoms with Crippen LogP contribution in [0.15, 0.2) is 78.9 Å². The topological polar surface area (TPSA) is 86.8 Å². The van der Waals surface area contributed by atoms with Gasteiger partial charge in [0.1, 0.15) is 12.6 Å². The number of nitrogens with one attached hydrogen (secondary N) is 1. The zero-order chi connectivity index (χ0) is 28.4. The van der Waals surface area contributed by atoms with Gasteiger partial charge in [0.25, 0.3) is 0 Å². The largest absolute Gasteiger partial charge is 0.354 e. The van der Waals surface area contributed by atoms with E-state index in [4.69, 9.17) is 23.2 Å². The summed E-state index contributed by atoms with van der Waals surface area (Å²) in [4.78, 5) is 29.0. The second-order valence-corrected chi connectivity index (χ2v) is 12.0. The van der Waals surface area contributed by atoms with E-state index < -0.39 is 28.5 Å². The Bertz CT molecular complexity index is 1370. The van der Waals surface area contributed by atoms with Crippen LogP contribution in [0, 0.1) is 0 Å². The predicted octanol–water partition coefficient (Wildman–Crippen LogP) is 5.32. The van der Waals surface area contributed by atoms with Crippen LogP contribution in [0.1, 0.15) is 30.9 Å². The van der Waals surface area contributed by atoms with Gasteiger partial charge in [0, 0.05) is 29.6 Å². The summed E-state index contributed by atoms with van der Waals surface area (Å²) in [5.41, 5.74) is 1.75. The molecule has 7 nitrogen and oxygen atoms in total. The van der Waals surface area contributed by atoms with E-state index in [1.807, 2.05) is 37.3 Å². The monoisotopic (exact) mass is 589 g/mol. The van der Waals surface area contributed by atoms with Gasteiger partial charge in [0.2, 0.25) is 21.8 Å². The van der Waals surface area contributed by atoms with Crippen molar-refractivity contribution in [2.75, 3.05) is 23.7 Å². The van der Waals surface area contributed by atoms with Gasteiger partial charge >= 0.3 is 0 Å². The van der Waals surface area contributed by atoms with Crippen LogP contribution >= 0.6 is 23.2 Å². The minimum Gasteiger partial charge on any atom is -0.354 e. The third-order valence-corrected chi connectivity index (χ3v) is 7.92. The van der Waals surface area contributed by atoms with Gasteiger partial charge in [-0.05, 0) is 41.8 Å². The van der Waals surface area contributed by atoms with Crippen LogP contribution in [0.2, 0.25) is 10.0 Å². The summed E-state index contributed by atoms with van der Waals surface area (Å²) in [6, 6.07) is 21.8. The Hall–Kier alpha value is -3.07. The summed E-state index contributed by atoms with van der Waals surface area (Å²) in [5.74, 6) is -0.867. The van der Waals surface area contributed by atoms with Crippen molar-refractivity contribution in [1.29, 1.82) is 0 Å². The fourth-order valence-electron chi connectivity index (χ4n) is 4.12. The average molecular weight is 591 g/mol. The summed E-state index contributed by atoms with van der Waals surface area (Å²) in [5, 5.41) is 3.72. The number of benzene rings is 3. The molecule has 0 fully saturated rings. The Morgan fingerprint density at radius 3 is 2.28 bits per heavy atom. The maximum Gasteiger partial charge on any atom is 0.244 e. The van der Waals surface area contributed by atoms with E-state index in [9.17, 15) is 18.0 Å². The fraction of sp³-hybridized carbons (Fsp3) is 0.310. The number of hydrogen-bond donors (Lipinski definition) is 1. The normalized spacial score (nSPS) is 12.0. The number of carbonyl (C=O) groups is 2. The van der Waals surface area contributed by atoms with Crippen molar-refractivity contribution >= 4 is 50.7 Å². The van der Waals surface area contributed by atoms with Crippen LogP contribution in [0.5, 0.6) is 0 Å². The van der Waals surface area contributed by atoms with Gasteiger partial charge in [0.05, 0.1) is 11.9 Å². The van der Waals surface area contributed by atoms with Crippen molar-refractivity contribution in [3.8, 4) is 0 Å². The maximum atomic E-state index is 14.0. The molecule has 1 N–H and O–H groups in total. The molecule has 208 valence electrons. The molecule has 0 aromatic heterocycles. The first-order valence-electron chi connectivity index (χ1n) is 12.7. The Balaban J connectivity index is 2.04. The highest BCUT2D eigenvalue weighted by Crippen LogP contribution is 2.24. The fourth-order valence-corrected chi connectivity index (χ4v) is 5.34. The van der Waals surface area contributed by atoms with Crippen molar-refractivity contribution in [2.24, 2.45) is 0 Å². The second kappa shape index (κ2) is 14.4. The average Bonchev–Trinajstić information content (AvgIpc) is 2.90. The Labute approximate surface area is 240 Å². The molecular weight excluding hydrogens is 557 g/mol. The molecule has 0 spiro atoms. The van der Waals surface area contributed by atoms with Gasteiger partial charge < -0.3 is 10.2 Å². The quantitative estimate of drug-likeness (QED) is 0.273. The molecular formula is C29H33Cl2N3O4S. The van der Waals surface area contributed by atoms with Crippen LogP contribution in [0.4, 0.5) is 5.69 Å². The zero-order valence-corrected chi connectivity index (χ0v) is 24.3. The molecule has 1 unspecified atom stereocenters. The number of carbonyl (C=O) groups excluding carboxylic acids is 2. The molecule has 0 bridgehead atoms. The summed E-state index contributed by atoms with van der Waals surface area (Å²) in [7, 11) is -3.87. The number of halogens is 2. The molecule has 0 radical (unpaired) electrons. The number of nitrogens with zero attached hydrogens (tertiary/aromatic N) is 2. The van der Waals surface area contributed by atoms with Crippen molar-refractivity contribution in [1.82, 2.24) is 10.2 Å². The summed E-state index contributed by atoms with van der Waals surface area (Å²) < 4.78 is 26.6. The molecule has 1 atom stereocenters. The molecule has 10 heteroatoms. The summed E-state index contributed by atoms with van der Waals surface area (Å²) >= 11 is 12.6. The lowest BCUT2D eigenvalue weighted by Crippen LogP contribution is -2.53. The number of sulfonamides is 1. The minimum absolute atomic E-state index is 0.0182. The Morgan fingerprint density at radius 2 is 1.64 bits per heavy atom. The molecule has 3 aromatic carbocycles. The van der Waals surface area contributed by atoms with Crippen LogP contribution < -0.4 is 9.62 Å². The standard InChI is InChI=1S/C29H33Cl2N3O4S/c1-3-4-17-32-29(36)27(18-22-11-6-5-7-12-22)33(20-23-13-8-9-16-26(23)31)28(35)21-34(39(2,37)38)25-15-10-14-24(30)19-25/h5-16,19,27H,3-4,17-18,20-21H2,1-2H3,(H,32,36). The molecule has 0 aliphatic carbocycles. The summed E-state index contributed by atoms with van der Waals surface area (Å²) in [6.07, 6.45) is 2.96. The lowest BCUT2D eigenvalue weighted by atomic mass is 10.0. The smallest absolute Gasteiger partial charge is 0.244 e. The maximum absolute atomic E-state index is 14.0.